The lowest BCUT2D eigenvalue weighted by Gasteiger charge is -2.09. The van der Waals surface area contributed by atoms with Crippen LogP contribution in [0.15, 0.2) is 82.6 Å². The first kappa shape index (κ1) is 17.9. The minimum Gasteiger partial charge on any atom is -0.497 e. The van der Waals surface area contributed by atoms with Gasteiger partial charge in [0, 0.05) is 9.79 Å². The number of carbonyl (C=O) groups is 1. The van der Waals surface area contributed by atoms with Crippen molar-refractivity contribution in [2.45, 2.75) is 16.2 Å². The van der Waals surface area contributed by atoms with Gasteiger partial charge in [0.1, 0.15) is 17.2 Å². The predicted molar refractivity (Wildman–Crippen MR) is 103 cm³/mol. The van der Waals surface area contributed by atoms with E-state index in [0.717, 1.165) is 32.6 Å². The van der Waals surface area contributed by atoms with E-state index in [9.17, 15) is 4.79 Å². The van der Waals surface area contributed by atoms with E-state index in [1.807, 2.05) is 72.8 Å². The van der Waals surface area contributed by atoms with Gasteiger partial charge in [-0.1, -0.05) is 30.0 Å². The van der Waals surface area contributed by atoms with Gasteiger partial charge in [-0.25, -0.2) is 0 Å². The molecule has 4 nitrogen and oxygen atoms in total. The Labute approximate surface area is 156 Å². The lowest BCUT2D eigenvalue weighted by molar-refractivity contribution is -0.117. The average Bonchev–Trinajstić information content (AvgIpc) is 2.65. The molecule has 3 aromatic carbocycles. The molecular formula is C21H19NO3S. The van der Waals surface area contributed by atoms with Crippen molar-refractivity contribution in [3.8, 4) is 17.2 Å². The second-order valence-electron chi connectivity index (χ2n) is 5.60. The van der Waals surface area contributed by atoms with Gasteiger partial charge < -0.3 is 15.2 Å². The smallest absolute Gasteiger partial charge is 0.221 e. The van der Waals surface area contributed by atoms with Gasteiger partial charge in [0.05, 0.1) is 13.5 Å². The number of primary amides is 1. The molecule has 26 heavy (non-hydrogen) atoms. The highest BCUT2D eigenvalue weighted by Crippen LogP contribution is 2.32. The van der Waals surface area contributed by atoms with E-state index in [1.165, 1.54) is 0 Å². The Morgan fingerprint density at radius 1 is 0.885 bits per heavy atom. The molecule has 0 heterocycles. The largest absolute Gasteiger partial charge is 0.497 e. The van der Waals surface area contributed by atoms with Gasteiger partial charge in [-0.15, -0.1) is 0 Å². The number of carbonyl (C=O) groups excluding carboxylic acids is 1. The maximum atomic E-state index is 11.2. The van der Waals surface area contributed by atoms with Crippen molar-refractivity contribution in [1.29, 1.82) is 0 Å². The lowest BCUT2D eigenvalue weighted by Crippen LogP contribution is -2.14. The Kier molecular flexibility index (Phi) is 5.81. The summed E-state index contributed by atoms with van der Waals surface area (Å²) in [7, 11) is 1.63. The summed E-state index contributed by atoms with van der Waals surface area (Å²) in [6.07, 6.45) is 0.238. The normalized spacial score (nSPS) is 10.3. The van der Waals surface area contributed by atoms with Gasteiger partial charge in [-0.3, -0.25) is 4.79 Å². The van der Waals surface area contributed by atoms with Crippen LogP contribution in [0.1, 0.15) is 5.56 Å². The Bertz CT molecular complexity index is 877. The van der Waals surface area contributed by atoms with Crippen molar-refractivity contribution in [3.63, 3.8) is 0 Å². The molecule has 0 saturated heterocycles. The van der Waals surface area contributed by atoms with Gasteiger partial charge in [0.2, 0.25) is 5.91 Å². The first-order valence-corrected chi connectivity index (χ1v) is 8.92. The fraction of sp³-hybridized carbons (Fsp3) is 0.0952. The fourth-order valence-corrected chi connectivity index (χ4v) is 3.36. The van der Waals surface area contributed by atoms with Crippen molar-refractivity contribution in [3.05, 3.63) is 78.4 Å². The Balaban J connectivity index is 1.69. The van der Waals surface area contributed by atoms with Crippen molar-refractivity contribution in [2.24, 2.45) is 5.73 Å². The molecule has 0 aromatic heterocycles. The van der Waals surface area contributed by atoms with E-state index in [0.29, 0.717) is 0 Å². The minimum atomic E-state index is -0.332. The number of hydrogen-bond donors (Lipinski definition) is 1. The van der Waals surface area contributed by atoms with E-state index in [2.05, 4.69) is 0 Å². The first-order valence-electron chi connectivity index (χ1n) is 8.10. The van der Waals surface area contributed by atoms with E-state index >= 15 is 0 Å². The van der Waals surface area contributed by atoms with E-state index in [4.69, 9.17) is 15.2 Å². The van der Waals surface area contributed by atoms with Gasteiger partial charge >= 0.3 is 0 Å². The van der Waals surface area contributed by atoms with Crippen LogP contribution in [-0.4, -0.2) is 13.0 Å². The number of rotatable bonds is 7. The zero-order valence-electron chi connectivity index (χ0n) is 14.3. The van der Waals surface area contributed by atoms with Crippen LogP contribution in [0.5, 0.6) is 17.2 Å². The molecule has 0 aliphatic carbocycles. The highest BCUT2D eigenvalue weighted by atomic mass is 32.2. The molecule has 0 atom stereocenters. The summed E-state index contributed by atoms with van der Waals surface area (Å²) in [5, 5.41) is 0. The summed E-state index contributed by atoms with van der Waals surface area (Å²) in [4.78, 5) is 13.3. The molecule has 0 unspecified atom stereocenters. The molecule has 0 aliphatic heterocycles. The topological polar surface area (TPSA) is 61.6 Å². The monoisotopic (exact) mass is 365 g/mol. The molecule has 0 spiro atoms. The minimum absolute atomic E-state index is 0.238. The molecule has 0 aliphatic rings. The van der Waals surface area contributed by atoms with Crippen molar-refractivity contribution >= 4 is 17.7 Å². The maximum Gasteiger partial charge on any atom is 0.221 e. The fourth-order valence-electron chi connectivity index (χ4n) is 2.42. The highest BCUT2D eigenvalue weighted by Gasteiger charge is 2.07. The van der Waals surface area contributed by atoms with E-state index in [1.54, 1.807) is 18.9 Å². The summed E-state index contributed by atoms with van der Waals surface area (Å²) in [5.74, 6) is 1.96. The number of amides is 1. The summed E-state index contributed by atoms with van der Waals surface area (Å²) in [6.45, 7) is 0. The number of benzene rings is 3. The third kappa shape index (κ3) is 4.80. The van der Waals surface area contributed by atoms with E-state index in [-0.39, 0.29) is 12.3 Å². The van der Waals surface area contributed by atoms with Crippen LogP contribution < -0.4 is 15.2 Å². The quantitative estimate of drug-likeness (QED) is 0.661. The summed E-state index contributed by atoms with van der Waals surface area (Å²) in [5.41, 5.74) is 6.26. The Morgan fingerprint density at radius 2 is 1.46 bits per heavy atom. The zero-order chi connectivity index (χ0) is 18.4. The van der Waals surface area contributed by atoms with Gasteiger partial charge in [-0.2, -0.15) is 0 Å². The van der Waals surface area contributed by atoms with E-state index < -0.39 is 0 Å². The van der Waals surface area contributed by atoms with Crippen LogP contribution >= 0.6 is 11.8 Å². The van der Waals surface area contributed by atoms with Crippen LogP contribution in [0.4, 0.5) is 0 Å². The second kappa shape index (κ2) is 8.45. The first-order chi connectivity index (χ1) is 12.6. The molecular weight excluding hydrogens is 346 g/mol. The number of nitrogens with two attached hydrogens (primary N) is 1. The Hall–Kier alpha value is -2.92. The third-order valence-electron chi connectivity index (χ3n) is 3.68. The molecule has 0 radical (unpaired) electrons. The predicted octanol–water partition coefficient (Wildman–Crippen LogP) is 4.67. The van der Waals surface area contributed by atoms with Gasteiger partial charge in [-0.05, 0) is 60.2 Å². The summed E-state index contributed by atoms with van der Waals surface area (Å²) in [6, 6.07) is 23.0. The highest BCUT2D eigenvalue weighted by molar-refractivity contribution is 7.99. The second-order valence-corrected chi connectivity index (χ2v) is 6.72. The molecule has 1 amide bonds. The zero-order valence-corrected chi connectivity index (χ0v) is 15.2. The average molecular weight is 365 g/mol. The van der Waals surface area contributed by atoms with Crippen LogP contribution in [0.25, 0.3) is 0 Å². The summed E-state index contributed by atoms with van der Waals surface area (Å²) < 4.78 is 11.0. The molecule has 0 bridgehead atoms. The third-order valence-corrected chi connectivity index (χ3v) is 4.81. The Morgan fingerprint density at radius 3 is 2.08 bits per heavy atom. The summed E-state index contributed by atoms with van der Waals surface area (Å²) >= 11 is 1.60. The molecule has 2 N–H and O–H groups in total. The number of hydrogen-bond acceptors (Lipinski definition) is 4. The molecule has 0 saturated carbocycles. The maximum absolute atomic E-state index is 11.2. The molecule has 132 valence electrons. The van der Waals surface area contributed by atoms with Gasteiger partial charge in [0.15, 0.2) is 0 Å². The van der Waals surface area contributed by atoms with Crippen LogP contribution in [0.2, 0.25) is 0 Å². The van der Waals surface area contributed by atoms with Crippen molar-refractivity contribution in [2.75, 3.05) is 7.11 Å². The standard InChI is InChI=1S/C21H19NO3S/c1-24-16-6-8-17(9-7-16)25-18-10-12-19(13-11-18)26-20-5-3-2-4-15(20)14-21(22)23/h2-13H,14H2,1H3,(H2,22,23). The van der Waals surface area contributed by atoms with Crippen molar-refractivity contribution in [1.82, 2.24) is 0 Å². The molecule has 3 rings (SSSR count). The lowest BCUT2D eigenvalue weighted by atomic mass is 10.1. The van der Waals surface area contributed by atoms with Crippen molar-refractivity contribution < 1.29 is 14.3 Å². The van der Waals surface area contributed by atoms with Crippen LogP contribution in [-0.2, 0) is 11.2 Å². The molecule has 0 fully saturated rings. The van der Waals surface area contributed by atoms with Crippen LogP contribution in [0.3, 0.4) is 0 Å². The molecule has 3 aromatic rings. The molecule has 5 heteroatoms. The SMILES string of the molecule is COc1ccc(Oc2ccc(Sc3ccccc3CC(N)=O)cc2)cc1. The number of ether oxygens (including phenoxy) is 2. The van der Waals surface area contributed by atoms with Gasteiger partial charge in [0.25, 0.3) is 0 Å². The number of methoxy groups -OCH3 is 1. The van der Waals surface area contributed by atoms with Crippen LogP contribution in [0, 0.1) is 0 Å².